The predicted octanol–water partition coefficient (Wildman–Crippen LogP) is 4.75. The number of carbonyl (C=O) groups is 1. The second-order valence-electron chi connectivity index (χ2n) is 7.61. The van der Waals surface area contributed by atoms with E-state index in [0.29, 0.717) is 16.6 Å². The molecule has 2 unspecified atom stereocenters. The maximum absolute atomic E-state index is 14.4. The number of allylic oxidation sites excluding steroid dienone is 1. The summed E-state index contributed by atoms with van der Waals surface area (Å²) in [5.74, 6) is -2.06. The molecular weight excluding hydrogens is 421 g/mol. The van der Waals surface area contributed by atoms with Gasteiger partial charge >= 0.3 is 5.97 Å². The number of carboxylic acids is 1. The third-order valence-corrected chi connectivity index (χ3v) is 5.95. The first-order chi connectivity index (χ1) is 14.7. The van der Waals surface area contributed by atoms with Crippen LogP contribution in [0.1, 0.15) is 40.0 Å². The second-order valence-corrected chi connectivity index (χ2v) is 8.02. The van der Waals surface area contributed by atoms with Gasteiger partial charge in [-0.15, -0.1) is 6.58 Å². The van der Waals surface area contributed by atoms with Crippen LogP contribution in [0.4, 0.5) is 4.39 Å². The van der Waals surface area contributed by atoms with Crippen LogP contribution in [0.25, 0.3) is 10.9 Å². The fraction of sp³-hybridized carbons (Fsp3) is 0.250. The van der Waals surface area contributed by atoms with Crippen molar-refractivity contribution in [1.29, 1.82) is 0 Å². The Morgan fingerprint density at radius 2 is 2.03 bits per heavy atom. The Morgan fingerprint density at radius 1 is 1.32 bits per heavy atom. The predicted molar refractivity (Wildman–Crippen MR) is 120 cm³/mol. The van der Waals surface area contributed by atoms with E-state index in [9.17, 15) is 24.2 Å². The summed E-state index contributed by atoms with van der Waals surface area (Å²) in [7, 11) is 0. The molecule has 0 amide bonds. The monoisotopic (exact) mass is 443 g/mol. The van der Waals surface area contributed by atoms with Crippen molar-refractivity contribution in [2.75, 3.05) is 6.61 Å². The minimum absolute atomic E-state index is 0.00987. The first-order valence-corrected chi connectivity index (χ1v) is 10.1. The molecule has 5 nitrogen and oxygen atoms in total. The van der Waals surface area contributed by atoms with Crippen LogP contribution < -0.4 is 5.43 Å². The fourth-order valence-electron chi connectivity index (χ4n) is 3.72. The summed E-state index contributed by atoms with van der Waals surface area (Å²) in [5, 5.41) is 19.7. The van der Waals surface area contributed by atoms with Gasteiger partial charge in [-0.2, -0.15) is 0 Å². The molecule has 0 saturated heterocycles. The SMILES string of the molecule is C=CC(C)C(CO)n1cc(C(=O)O)c(=O)c2cc(Cc3cccc(Cl)c3F)c(C)cc21. The van der Waals surface area contributed by atoms with E-state index in [1.165, 1.54) is 12.3 Å². The maximum atomic E-state index is 14.4. The van der Waals surface area contributed by atoms with Gasteiger partial charge in [0.2, 0.25) is 5.43 Å². The summed E-state index contributed by atoms with van der Waals surface area (Å²) in [5.41, 5.74) is 1.32. The van der Waals surface area contributed by atoms with Crippen LogP contribution in [0, 0.1) is 18.7 Å². The standard InChI is InChI=1S/C24H23ClFNO4/c1-4-13(2)21(12-28)27-11-18(24(30)31)23(29)17-10-16(14(3)8-20(17)27)9-15-6-5-7-19(25)22(15)26/h4-8,10-11,13,21,28H,1,9,12H2,2-3H3,(H,30,31). The van der Waals surface area contributed by atoms with Crippen molar-refractivity contribution in [3.63, 3.8) is 0 Å². The number of aromatic carboxylic acids is 1. The van der Waals surface area contributed by atoms with E-state index in [-0.39, 0.29) is 29.4 Å². The normalized spacial score (nSPS) is 13.2. The van der Waals surface area contributed by atoms with E-state index < -0.39 is 28.8 Å². The number of halogens is 2. The van der Waals surface area contributed by atoms with Gasteiger partial charge in [-0.05, 0) is 47.7 Å². The molecule has 0 spiro atoms. The van der Waals surface area contributed by atoms with E-state index in [0.717, 1.165) is 5.56 Å². The number of benzene rings is 2. The molecule has 2 aromatic carbocycles. The molecule has 0 aliphatic heterocycles. The summed E-state index contributed by atoms with van der Waals surface area (Å²) in [6.45, 7) is 7.17. The summed E-state index contributed by atoms with van der Waals surface area (Å²) < 4.78 is 16.0. The van der Waals surface area contributed by atoms with Crippen molar-refractivity contribution >= 4 is 28.5 Å². The van der Waals surface area contributed by atoms with Crippen molar-refractivity contribution in [2.24, 2.45) is 5.92 Å². The van der Waals surface area contributed by atoms with Crippen LogP contribution in [-0.2, 0) is 6.42 Å². The van der Waals surface area contributed by atoms with Gasteiger partial charge in [0.15, 0.2) is 0 Å². The van der Waals surface area contributed by atoms with Crippen molar-refractivity contribution in [1.82, 2.24) is 4.57 Å². The summed E-state index contributed by atoms with van der Waals surface area (Å²) in [6.07, 6.45) is 3.12. The molecule has 31 heavy (non-hydrogen) atoms. The Hall–Kier alpha value is -2.96. The molecule has 0 saturated carbocycles. The molecule has 1 heterocycles. The van der Waals surface area contributed by atoms with E-state index in [1.54, 1.807) is 34.9 Å². The minimum atomic E-state index is -1.35. The zero-order chi connectivity index (χ0) is 22.9. The molecule has 1 aromatic heterocycles. The van der Waals surface area contributed by atoms with Gasteiger partial charge in [-0.3, -0.25) is 4.79 Å². The summed E-state index contributed by atoms with van der Waals surface area (Å²) in [6, 6.07) is 7.58. The van der Waals surface area contributed by atoms with Crippen molar-refractivity contribution in [3.05, 3.63) is 92.5 Å². The van der Waals surface area contributed by atoms with Gasteiger partial charge in [0, 0.05) is 18.0 Å². The molecule has 0 radical (unpaired) electrons. The van der Waals surface area contributed by atoms with Crippen LogP contribution in [0.15, 0.2) is 54.0 Å². The first-order valence-electron chi connectivity index (χ1n) is 9.77. The highest BCUT2D eigenvalue weighted by molar-refractivity contribution is 6.30. The molecule has 162 valence electrons. The lowest BCUT2D eigenvalue weighted by molar-refractivity contribution is 0.0694. The number of carboxylic acid groups (broad SMARTS) is 1. The number of aliphatic hydroxyl groups excluding tert-OH is 1. The zero-order valence-electron chi connectivity index (χ0n) is 17.2. The highest BCUT2D eigenvalue weighted by Gasteiger charge is 2.22. The molecule has 2 atom stereocenters. The minimum Gasteiger partial charge on any atom is -0.477 e. The van der Waals surface area contributed by atoms with Crippen molar-refractivity contribution in [3.8, 4) is 0 Å². The molecule has 0 aliphatic rings. The smallest absolute Gasteiger partial charge is 0.341 e. The fourth-order valence-corrected chi connectivity index (χ4v) is 3.91. The van der Waals surface area contributed by atoms with E-state index >= 15 is 0 Å². The Morgan fingerprint density at radius 3 is 2.65 bits per heavy atom. The summed E-state index contributed by atoms with van der Waals surface area (Å²) >= 11 is 5.89. The van der Waals surface area contributed by atoms with E-state index in [2.05, 4.69) is 6.58 Å². The Labute approximate surface area is 184 Å². The molecule has 3 rings (SSSR count). The highest BCUT2D eigenvalue weighted by atomic mass is 35.5. The number of hydrogen-bond acceptors (Lipinski definition) is 3. The van der Waals surface area contributed by atoms with Crippen LogP contribution in [0.2, 0.25) is 5.02 Å². The number of aromatic nitrogens is 1. The Bertz CT molecular complexity index is 1230. The maximum Gasteiger partial charge on any atom is 0.341 e. The van der Waals surface area contributed by atoms with Gasteiger partial charge in [0.25, 0.3) is 0 Å². The molecule has 0 fully saturated rings. The van der Waals surface area contributed by atoms with Crippen LogP contribution in [-0.4, -0.2) is 27.4 Å². The lowest BCUT2D eigenvalue weighted by Crippen LogP contribution is -2.25. The van der Waals surface area contributed by atoms with Crippen molar-refractivity contribution < 1.29 is 19.4 Å². The highest BCUT2D eigenvalue weighted by Crippen LogP contribution is 2.28. The molecule has 0 bridgehead atoms. The number of fused-ring (bicyclic) bond motifs is 1. The third-order valence-electron chi connectivity index (χ3n) is 5.66. The number of hydrogen-bond donors (Lipinski definition) is 2. The van der Waals surface area contributed by atoms with Crippen LogP contribution in [0.5, 0.6) is 0 Å². The zero-order valence-corrected chi connectivity index (χ0v) is 18.0. The molecule has 7 heteroatoms. The third kappa shape index (κ3) is 4.27. The largest absolute Gasteiger partial charge is 0.477 e. The first kappa shape index (κ1) is 22.7. The van der Waals surface area contributed by atoms with Crippen molar-refractivity contribution in [2.45, 2.75) is 26.3 Å². The van der Waals surface area contributed by atoms with Gasteiger partial charge in [-0.1, -0.05) is 36.7 Å². The molecule has 2 N–H and O–H groups in total. The van der Waals surface area contributed by atoms with Gasteiger partial charge in [0.05, 0.1) is 23.2 Å². The lowest BCUT2D eigenvalue weighted by Gasteiger charge is -2.25. The topological polar surface area (TPSA) is 79.5 Å². The molecule has 3 aromatic rings. The molecular formula is C24H23ClFNO4. The van der Waals surface area contributed by atoms with E-state index in [4.69, 9.17) is 11.6 Å². The average molecular weight is 444 g/mol. The number of aliphatic hydroxyl groups is 1. The summed E-state index contributed by atoms with van der Waals surface area (Å²) in [4.78, 5) is 24.7. The lowest BCUT2D eigenvalue weighted by atomic mass is 9.95. The Balaban J connectivity index is 2.29. The average Bonchev–Trinajstić information content (AvgIpc) is 2.73. The Kier molecular flexibility index (Phi) is 6.62. The number of nitrogens with zero attached hydrogens (tertiary/aromatic N) is 1. The number of pyridine rings is 1. The molecule has 0 aliphatic carbocycles. The van der Waals surface area contributed by atoms with Crippen LogP contribution in [0.3, 0.4) is 0 Å². The van der Waals surface area contributed by atoms with Crippen LogP contribution >= 0.6 is 11.6 Å². The quantitative estimate of drug-likeness (QED) is 0.516. The second kappa shape index (κ2) is 9.04. The number of aryl methyl sites for hydroxylation is 1. The van der Waals surface area contributed by atoms with E-state index in [1.807, 2.05) is 13.8 Å². The van der Waals surface area contributed by atoms with Gasteiger partial charge in [0.1, 0.15) is 11.4 Å². The van der Waals surface area contributed by atoms with Gasteiger partial charge < -0.3 is 14.8 Å². The number of rotatable bonds is 7. The van der Waals surface area contributed by atoms with Gasteiger partial charge in [-0.25, -0.2) is 9.18 Å².